The molecule has 0 unspecified atom stereocenters. The van der Waals surface area contributed by atoms with Crippen molar-refractivity contribution in [2.75, 3.05) is 0 Å². The van der Waals surface area contributed by atoms with Gasteiger partial charge >= 0.3 is 11.9 Å². The van der Waals surface area contributed by atoms with Crippen molar-refractivity contribution in [2.45, 2.75) is 124 Å². The SMILES string of the molecule is CCCCCCCCCCC(=O)Oc1ccccc1OC(=O)CCCCCC(CC)CC. The molecule has 0 saturated heterocycles. The van der Waals surface area contributed by atoms with Gasteiger partial charge in [-0.15, -0.1) is 0 Å². The average Bonchev–Trinajstić information content (AvgIpc) is 2.79. The van der Waals surface area contributed by atoms with Gasteiger partial charge in [0.2, 0.25) is 0 Å². The van der Waals surface area contributed by atoms with Gasteiger partial charge in [-0.1, -0.05) is 110 Å². The van der Waals surface area contributed by atoms with Crippen LogP contribution in [0.3, 0.4) is 0 Å². The standard InChI is InChI=1S/C28H46O4/c1-4-7-8-9-10-11-12-15-22-27(29)31-25-20-17-18-21-26(25)32-28(30)23-16-13-14-19-24(5-2)6-3/h17-18,20-21,24H,4-16,19,22-23H2,1-3H3. The Morgan fingerprint density at radius 2 is 1.09 bits per heavy atom. The third-order valence-electron chi connectivity index (χ3n) is 6.18. The van der Waals surface area contributed by atoms with Crippen LogP contribution >= 0.6 is 0 Å². The predicted octanol–water partition coefficient (Wildman–Crippen LogP) is 8.41. The van der Waals surface area contributed by atoms with Crippen molar-refractivity contribution < 1.29 is 19.1 Å². The lowest BCUT2D eigenvalue weighted by Gasteiger charge is -2.12. The number of rotatable bonds is 19. The Balaban J connectivity index is 2.27. The quantitative estimate of drug-likeness (QED) is 0.122. The van der Waals surface area contributed by atoms with Crippen molar-refractivity contribution >= 4 is 11.9 Å². The molecule has 182 valence electrons. The highest BCUT2D eigenvalue weighted by Crippen LogP contribution is 2.28. The molecule has 0 heterocycles. The van der Waals surface area contributed by atoms with Crippen molar-refractivity contribution in [1.82, 2.24) is 0 Å². The minimum Gasteiger partial charge on any atom is -0.423 e. The first-order chi connectivity index (χ1) is 15.6. The Kier molecular flexibility index (Phi) is 16.5. The minimum atomic E-state index is -0.265. The Hall–Kier alpha value is -1.84. The third-order valence-corrected chi connectivity index (χ3v) is 6.18. The molecular formula is C28H46O4. The largest absolute Gasteiger partial charge is 0.423 e. The smallest absolute Gasteiger partial charge is 0.311 e. The summed E-state index contributed by atoms with van der Waals surface area (Å²) in [6, 6.07) is 6.94. The van der Waals surface area contributed by atoms with Crippen LogP contribution in [0.5, 0.6) is 11.5 Å². The molecule has 4 heteroatoms. The number of esters is 2. The topological polar surface area (TPSA) is 52.6 Å². The van der Waals surface area contributed by atoms with Gasteiger partial charge in [-0.25, -0.2) is 0 Å². The number of hydrogen-bond donors (Lipinski definition) is 0. The van der Waals surface area contributed by atoms with Crippen molar-refractivity contribution in [3.8, 4) is 11.5 Å². The van der Waals surface area contributed by atoms with Crippen LogP contribution in [0, 0.1) is 5.92 Å². The Labute approximate surface area is 196 Å². The molecule has 4 nitrogen and oxygen atoms in total. The summed E-state index contributed by atoms with van der Waals surface area (Å²) in [7, 11) is 0. The summed E-state index contributed by atoms with van der Waals surface area (Å²) in [5, 5.41) is 0. The van der Waals surface area contributed by atoms with Crippen LogP contribution in [-0.2, 0) is 9.59 Å². The molecular weight excluding hydrogens is 400 g/mol. The fourth-order valence-electron chi connectivity index (χ4n) is 3.95. The van der Waals surface area contributed by atoms with E-state index in [9.17, 15) is 9.59 Å². The molecule has 0 aliphatic heterocycles. The minimum absolute atomic E-state index is 0.263. The molecule has 0 atom stereocenters. The first-order valence-corrected chi connectivity index (χ1v) is 13.1. The Bertz CT molecular complexity index is 622. The van der Waals surface area contributed by atoms with E-state index in [2.05, 4.69) is 20.8 Å². The van der Waals surface area contributed by atoms with E-state index in [1.807, 2.05) is 0 Å². The van der Waals surface area contributed by atoms with Crippen LogP contribution in [0.1, 0.15) is 124 Å². The number of unbranched alkanes of at least 4 members (excludes halogenated alkanes) is 9. The van der Waals surface area contributed by atoms with Crippen LogP contribution in [0.25, 0.3) is 0 Å². The highest BCUT2D eigenvalue weighted by molar-refractivity contribution is 5.76. The highest BCUT2D eigenvalue weighted by atomic mass is 16.6. The third kappa shape index (κ3) is 13.5. The second-order valence-corrected chi connectivity index (χ2v) is 8.90. The zero-order chi connectivity index (χ0) is 23.4. The second-order valence-electron chi connectivity index (χ2n) is 8.90. The maximum atomic E-state index is 12.2. The molecule has 1 aromatic carbocycles. The van der Waals surface area contributed by atoms with E-state index in [1.54, 1.807) is 24.3 Å². The van der Waals surface area contributed by atoms with Gasteiger partial charge < -0.3 is 9.47 Å². The van der Waals surface area contributed by atoms with Gasteiger partial charge in [-0.3, -0.25) is 9.59 Å². The number of carbonyl (C=O) groups is 2. The van der Waals surface area contributed by atoms with Crippen LogP contribution in [0.15, 0.2) is 24.3 Å². The fraction of sp³-hybridized carbons (Fsp3) is 0.714. The van der Waals surface area contributed by atoms with Crippen LogP contribution in [0.4, 0.5) is 0 Å². The fourth-order valence-corrected chi connectivity index (χ4v) is 3.95. The Morgan fingerprint density at radius 3 is 1.56 bits per heavy atom. The molecule has 1 aromatic rings. The van der Waals surface area contributed by atoms with Crippen molar-refractivity contribution in [1.29, 1.82) is 0 Å². The summed E-state index contributed by atoms with van der Waals surface area (Å²) < 4.78 is 11.0. The van der Waals surface area contributed by atoms with Crippen LogP contribution in [0.2, 0.25) is 0 Å². The predicted molar refractivity (Wildman–Crippen MR) is 132 cm³/mol. The van der Waals surface area contributed by atoms with Crippen LogP contribution < -0.4 is 9.47 Å². The second kappa shape index (κ2) is 18.7. The first kappa shape index (κ1) is 28.2. The summed E-state index contributed by atoms with van der Waals surface area (Å²) in [6.45, 7) is 6.71. The number of carbonyl (C=O) groups excluding carboxylic acids is 2. The van der Waals surface area contributed by atoms with E-state index >= 15 is 0 Å². The molecule has 0 saturated carbocycles. The zero-order valence-electron chi connectivity index (χ0n) is 20.8. The molecule has 1 rings (SSSR count). The molecule has 0 spiro atoms. The summed E-state index contributed by atoms with van der Waals surface area (Å²) >= 11 is 0. The molecule has 0 amide bonds. The summed E-state index contributed by atoms with van der Waals surface area (Å²) in [4.78, 5) is 24.4. The van der Waals surface area contributed by atoms with E-state index in [4.69, 9.17) is 9.47 Å². The highest BCUT2D eigenvalue weighted by Gasteiger charge is 2.13. The van der Waals surface area contributed by atoms with E-state index in [0.29, 0.717) is 24.3 Å². The first-order valence-electron chi connectivity index (χ1n) is 13.1. The lowest BCUT2D eigenvalue weighted by molar-refractivity contribution is -0.137. The van der Waals surface area contributed by atoms with Crippen molar-refractivity contribution in [3.63, 3.8) is 0 Å². The number of para-hydroxylation sites is 2. The van der Waals surface area contributed by atoms with Gasteiger partial charge in [0.05, 0.1) is 0 Å². The normalized spacial score (nSPS) is 11.0. The summed E-state index contributed by atoms with van der Waals surface area (Å²) in [5.41, 5.74) is 0. The van der Waals surface area contributed by atoms with E-state index in [0.717, 1.165) is 38.0 Å². The van der Waals surface area contributed by atoms with E-state index in [-0.39, 0.29) is 11.9 Å². The van der Waals surface area contributed by atoms with Crippen LogP contribution in [-0.4, -0.2) is 11.9 Å². The Morgan fingerprint density at radius 1 is 0.656 bits per heavy atom. The molecule has 0 bridgehead atoms. The molecule has 0 N–H and O–H groups in total. The maximum Gasteiger partial charge on any atom is 0.311 e. The molecule has 0 aliphatic carbocycles. The zero-order valence-corrected chi connectivity index (χ0v) is 20.8. The molecule has 0 fully saturated rings. The molecule has 0 radical (unpaired) electrons. The van der Waals surface area contributed by atoms with Crippen molar-refractivity contribution in [2.24, 2.45) is 5.92 Å². The summed E-state index contributed by atoms with van der Waals surface area (Å²) in [5.74, 6) is 0.937. The van der Waals surface area contributed by atoms with E-state index < -0.39 is 0 Å². The van der Waals surface area contributed by atoms with Gasteiger partial charge in [0, 0.05) is 12.8 Å². The van der Waals surface area contributed by atoms with Gasteiger partial charge in [0.1, 0.15) is 0 Å². The van der Waals surface area contributed by atoms with Crippen molar-refractivity contribution in [3.05, 3.63) is 24.3 Å². The van der Waals surface area contributed by atoms with Gasteiger partial charge in [-0.05, 0) is 30.9 Å². The number of hydrogen-bond acceptors (Lipinski definition) is 4. The number of ether oxygens (including phenoxy) is 2. The van der Waals surface area contributed by atoms with Gasteiger partial charge in [0.25, 0.3) is 0 Å². The molecule has 0 aliphatic rings. The lowest BCUT2D eigenvalue weighted by atomic mass is 9.96. The maximum absolute atomic E-state index is 12.2. The molecule has 32 heavy (non-hydrogen) atoms. The van der Waals surface area contributed by atoms with Gasteiger partial charge in [0.15, 0.2) is 11.5 Å². The molecule has 0 aromatic heterocycles. The number of benzene rings is 1. The average molecular weight is 447 g/mol. The van der Waals surface area contributed by atoms with E-state index in [1.165, 1.54) is 57.8 Å². The monoisotopic (exact) mass is 446 g/mol. The summed E-state index contributed by atoms with van der Waals surface area (Å²) in [6.07, 6.45) is 17.0. The van der Waals surface area contributed by atoms with Gasteiger partial charge in [-0.2, -0.15) is 0 Å². The lowest BCUT2D eigenvalue weighted by Crippen LogP contribution is -2.12.